The van der Waals surface area contributed by atoms with Gasteiger partial charge >= 0.3 is 0 Å². The number of rotatable bonds is 5. The van der Waals surface area contributed by atoms with Crippen LogP contribution in [0.2, 0.25) is 0 Å². The summed E-state index contributed by atoms with van der Waals surface area (Å²) < 4.78 is 13.7. The second-order valence-electron chi connectivity index (χ2n) is 9.32. The second kappa shape index (κ2) is 9.25. The standard InChI is InChI=1S/C33H26N2O2/c1-2-6-26(7-3-1)34-27-15-10-23(11-16-27)25-14-19-32-30(22-25)29-8-4-5-9-31(29)35(32)28-17-12-24(13-18-28)33-36-20-21-37-33/h1-19,22,33-34H,20-21H2. The van der Waals surface area contributed by atoms with Gasteiger partial charge in [-0.05, 0) is 65.7 Å². The lowest BCUT2D eigenvalue weighted by atomic mass is 10.0. The van der Waals surface area contributed by atoms with Crippen molar-refractivity contribution in [3.05, 3.63) is 127 Å². The molecule has 1 aromatic heterocycles. The van der Waals surface area contributed by atoms with Crippen molar-refractivity contribution in [2.45, 2.75) is 6.29 Å². The first kappa shape index (κ1) is 21.9. The largest absolute Gasteiger partial charge is 0.356 e. The van der Waals surface area contributed by atoms with E-state index in [1.54, 1.807) is 0 Å². The van der Waals surface area contributed by atoms with Crippen LogP contribution in [0.25, 0.3) is 38.6 Å². The fourth-order valence-corrected chi connectivity index (χ4v) is 5.20. The minimum Gasteiger partial charge on any atom is -0.356 e. The summed E-state index contributed by atoms with van der Waals surface area (Å²) in [5, 5.41) is 5.95. The lowest BCUT2D eigenvalue weighted by Gasteiger charge is -2.12. The zero-order valence-electron chi connectivity index (χ0n) is 20.3. The number of benzene rings is 5. The Hall–Kier alpha value is -4.38. The van der Waals surface area contributed by atoms with Gasteiger partial charge in [-0.15, -0.1) is 0 Å². The van der Waals surface area contributed by atoms with Gasteiger partial charge in [0.15, 0.2) is 6.29 Å². The first-order chi connectivity index (χ1) is 18.3. The third-order valence-corrected chi connectivity index (χ3v) is 7.00. The fraction of sp³-hybridized carbons (Fsp3) is 0.0909. The van der Waals surface area contributed by atoms with Crippen molar-refractivity contribution in [2.24, 2.45) is 0 Å². The van der Waals surface area contributed by atoms with E-state index in [0.717, 1.165) is 22.6 Å². The topological polar surface area (TPSA) is 35.4 Å². The fourth-order valence-electron chi connectivity index (χ4n) is 5.20. The molecule has 4 nitrogen and oxygen atoms in total. The average molecular weight is 483 g/mol. The van der Waals surface area contributed by atoms with Crippen LogP contribution in [0.5, 0.6) is 0 Å². The summed E-state index contributed by atoms with van der Waals surface area (Å²) in [4.78, 5) is 0. The lowest BCUT2D eigenvalue weighted by Crippen LogP contribution is -1.99. The Bertz CT molecular complexity index is 1680. The highest BCUT2D eigenvalue weighted by Gasteiger charge is 2.19. The van der Waals surface area contributed by atoms with E-state index in [0.29, 0.717) is 13.2 Å². The Morgan fingerprint density at radius 2 is 1.22 bits per heavy atom. The van der Waals surface area contributed by atoms with Crippen LogP contribution < -0.4 is 5.32 Å². The van der Waals surface area contributed by atoms with E-state index < -0.39 is 0 Å². The van der Waals surface area contributed by atoms with Crippen LogP contribution in [0.1, 0.15) is 11.9 Å². The molecule has 1 aliphatic heterocycles. The Balaban J connectivity index is 1.26. The van der Waals surface area contributed by atoms with Gasteiger partial charge in [0.1, 0.15) is 0 Å². The minimum absolute atomic E-state index is 0.260. The number of hydrogen-bond acceptors (Lipinski definition) is 3. The number of para-hydroxylation sites is 2. The quantitative estimate of drug-likeness (QED) is 0.269. The molecule has 7 rings (SSSR count). The normalized spacial score (nSPS) is 13.9. The van der Waals surface area contributed by atoms with Crippen molar-refractivity contribution in [1.82, 2.24) is 4.57 Å². The molecule has 5 aromatic carbocycles. The number of anilines is 2. The molecule has 6 aromatic rings. The molecule has 2 heterocycles. The van der Waals surface area contributed by atoms with Crippen LogP contribution in [-0.2, 0) is 9.47 Å². The van der Waals surface area contributed by atoms with Gasteiger partial charge in [0.2, 0.25) is 0 Å². The Morgan fingerprint density at radius 1 is 0.568 bits per heavy atom. The van der Waals surface area contributed by atoms with Crippen molar-refractivity contribution in [3.63, 3.8) is 0 Å². The Morgan fingerprint density at radius 3 is 2.00 bits per heavy atom. The number of fused-ring (bicyclic) bond motifs is 3. The first-order valence-electron chi connectivity index (χ1n) is 12.6. The zero-order chi connectivity index (χ0) is 24.6. The third-order valence-electron chi connectivity index (χ3n) is 7.00. The predicted molar refractivity (Wildman–Crippen MR) is 151 cm³/mol. The molecule has 0 unspecified atom stereocenters. The molecule has 180 valence electrons. The van der Waals surface area contributed by atoms with Crippen molar-refractivity contribution < 1.29 is 9.47 Å². The van der Waals surface area contributed by atoms with E-state index in [4.69, 9.17) is 9.47 Å². The van der Waals surface area contributed by atoms with E-state index in [1.807, 2.05) is 18.2 Å². The summed E-state index contributed by atoms with van der Waals surface area (Å²) in [5.74, 6) is 0. The highest BCUT2D eigenvalue weighted by molar-refractivity contribution is 6.10. The van der Waals surface area contributed by atoms with Crippen molar-refractivity contribution >= 4 is 33.2 Å². The minimum atomic E-state index is -0.260. The number of ether oxygens (including phenoxy) is 2. The number of hydrogen-bond donors (Lipinski definition) is 1. The van der Waals surface area contributed by atoms with E-state index in [1.165, 1.54) is 32.9 Å². The van der Waals surface area contributed by atoms with Gasteiger partial charge in [-0.1, -0.05) is 66.7 Å². The van der Waals surface area contributed by atoms with Crippen LogP contribution in [0, 0.1) is 0 Å². The van der Waals surface area contributed by atoms with Crippen LogP contribution in [0.4, 0.5) is 11.4 Å². The number of aromatic nitrogens is 1. The molecular weight excluding hydrogens is 456 g/mol. The molecule has 0 saturated carbocycles. The predicted octanol–water partition coefficient (Wildman–Crippen LogP) is 8.24. The number of nitrogens with one attached hydrogen (secondary N) is 1. The highest BCUT2D eigenvalue weighted by Crippen LogP contribution is 2.35. The molecule has 0 amide bonds. The Kier molecular flexibility index (Phi) is 5.47. The molecule has 1 aliphatic rings. The average Bonchev–Trinajstić information content (AvgIpc) is 3.61. The summed E-state index contributed by atoms with van der Waals surface area (Å²) in [7, 11) is 0. The van der Waals surface area contributed by atoms with Gasteiger partial charge in [-0.25, -0.2) is 0 Å². The summed E-state index contributed by atoms with van der Waals surface area (Å²) >= 11 is 0. The second-order valence-corrected chi connectivity index (χ2v) is 9.32. The van der Waals surface area contributed by atoms with Crippen LogP contribution in [0.15, 0.2) is 121 Å². The molecule has 0 spiro atoms. The third kappa shape index (κ3) is 4.06. The van der Waals surface area contributed by atoms with Gasteiger partial charge in [0.25, 0.3) is 0 Å². The molecule has 1 fully saturated rings. The number of nitrogens with zero attached hydrogens (tertiary/aromatic N) is 1. The molecule has 0 bridgehead atoms. The Labute approximate surface area is 215 Å². The smallest absolute Gasteiger partial charge is 0.184 e. The van der Waals surface area contributed by atoms with Gasteiger partial charge < -0.3 is 19.4 Å². The van der Waals surface area contributed by atoms with E-state index >= 15 is 0 Å². The van der Waals surface area contributed by atoms with Gasteiger partial charge in [-0.2, -0.15) is 0 Å². The van der Waals surface area contributed by atoms with Crippen LogP contribution >= 0.6 is 0 Å². The molecule has 0 aliphatic carbocycles. The van der Waals surface area contributed by atoms with E-state index in [2.05, 4.69) is 113 Å². The summed E-state index contributed by atoms with van der Waals surface area (Å²) in [6, 6.07) is 42.7. The van der Waals surface area contributed by atoms with Gasteiger partial charge in [0, 0.05) is 33.4 Å². The molecule has 1 saturated heterocycles. The van der Waals surface area contributed by atoms with Crippen LogP contribution in [-0.4, -0.2) is 17.8 Å². The summed E-state index contributed by atoms with van der Waals surface area (Å²) in [6.07, 6.45) is -0.260. The van der Waals surface area contributed by atoms with Crippen molar-refractivity contribution in [2.75, 3.05) is 18.5 Å². The van der Waals surface area contributed by atoms with E-state index in [9.17, 15) is 0 Å². The first-order valence-corrected chi connectivity index (χ1v) is 12.6. The van der Waals surface area contributed by atoms with Crippen molar-refractivity contribution in [3.8, 4) is 16.8 Å². The SMILES string of the molecule is c1ccc(Nc2ccc(-c3ccc4c(c3)c3ccccc3n4-c3ccc(C4OCCO4)cc3)cc2)cc1. The summed E-state index contributed by atoms with van der Waals surface area (Å²) in [6.45, 7) is 1.29. The maximum Gasteiger partial charge on any atom is 0.184 e. The molecule has 1 N–H and O–H groups in total. The maximum atomic E-state index is 5.67. The molecule has 4 heteroatoms. The summed E-state index contributed by atoms with van der Waals surface area (Å²) in [5.41, 5.74) is 9.11. The molecule has 0 atom stereocenters. The molecular formula is C33H26N2O2. The zero-order valence-corrected chi connectivity index (χ0v) is 20.3. The lowest BCUT2D eigenvalue weighted by molar-refractivity contribution is -0.0441. The molecule has 0 radical (unpaired) electrons. The van der Waals surface area contributed by atoms with Crippen LogP contribution in [0.3, 0.4) is 0 Å². The van der Waals surface area contributed by atoms with E-state index in [-0.39, 0.29) is 6.29 Å². The molecule has 37 heavy (non-hydrogen) atoms. The van der Waals surface area contributed by atoms with Gasteiger partial charge in [0.05, 0.1) is 24.2 Å². The monoisotopic (exact) mass is 482 g/mol. The highest BCUT2D eigenvalue weighted by atomic mass is 16.7. The maximum absolute atomic E-state index is 5.67. The van der Waals surface area contributed by atoms with Gasteiger partial charge in [-0.3, -0.25) is 0 Å². The van der Waals surface area contributed by atoms with Crippen molar-refractivity contribution in [1.29, 1.82) is 0 Å².